The molecule has 0 unspecified atom stereocenters. The molecule has 3 aliphatic rings. The minimum atomic E-state index is -1.50. The number of H-pyrrole nitrogens is 1. The molecule has 0 atom stereocenters. The number of hydrogen-bond donors (Lipinski definition) is 9. The highest BCUT2D eigenvalue weighted by Gasteiger charge is 2.54. The Bertz CT molecular complexity index is 3660. The van der Waals surface area contributed by atoms with Crippen LogP contribution in [0.1, 0.15) is 86.0 Å². The quantitative estimate of drug-likeness (QED) is 0.0165. The molecule has 0 saturated carbocycles. The Kier molecular flexibility index (Phi) is 14.2. The van der Waals surface area contributed by atoms with Gasteiger partial charge in [-0.1, -0.05) is 11.3 Å². The van der Waals surface area contributed by atoms with Crippen molar-refractivity contribution in [1.29, 1.82) is 5.53 Å². The highest BCUT2D eigenvalue weighted by atomic mass is 32.1. The number of thiazole rings is 1. The molecule has 0 fully saturated rings. The third-order valence-corrected chi connectivity index (χ3v) is 14.5. The number of aromatic hydroxyl groups is 2. The predicted octanol–water partition coefficient (Wildman–Crippen LogP) is 8.41. The first-order valence-corrected chi connectivity index (χ1v) is 26.0. The van der Waals surface area contributed by atoms with Gasteiger partial charge in [0.25, 0.3) is 5.91 Å². The lowest BCUT2D eigenvalue weighted by atomic mass is 9.77. The first-order valence-electron chi connectivity index (χ1n) is 25.1. The van der Waals surface area contributed by atoms with Gasteiger partial charge in [-0.15, -0.1) is 0 Å². The Morgan fingerprint density at radius 2 is 1.65 bits per heavy atom. The molecule has 11 rings (SSSR count). The molecule has 8 aromatic rings. The van der Waals surface area contributed by atoms with Crippen LogP contribution in [0.2, 0.25) is 0 Å². The van der Waals surface area contributed by atoms with Crippen molar-refractivity contribution in [2.24, 2.45) is 15.3 Å². The molecule has 0 aliphatic carbocycles. The van der Waals surface area contributed by atoms with Gasteiger partial charge in [-0.3, -0.25) is 14.6 Å². The van der Waals surface area contributed by atoms with E-state index in [2.05, 4.69) is 61.9 Å². The van der Waals surface area contributed by atoms with Crippen molar-refractivity contribution in [2.45, 2.75) is 62.8 Å². The summed E-state index contributed by atoms with van der Waals surface area (Å²) in [6.07, 6.45) is 8.01. The zero-order chi connectivity index (χ0) is 53.8. The molecular weight excluding hydrogens is 1020 g/mol. The maximum absolute atomic E-state index is 14.1. The average molecular weight is 1070 g/mol. The molecule has 9 N–H and O–H groups in total. The fourth-order valence-corrected chi connectivity index (χ4v) is 10.4. The summed E-state index contributed by atoms with van der Waals surface area (Å²) in [5.74, 6) is 0.143. The summed E-state index contributed by atoms with van der Waals surface area (Å²) in [5.41, 5.74) is 11.0. The van der Waals surface area contributed by atoms with E-state index in [1.54, 1.807) is 48.8 Å². The van der Waals surface area contributed by atoms with E-state index in [0.29, 0.717) is 115 Å². The summed E-state index contributed by atoms with van der Waals surface area (Å²) < 4.78 is 26.2. The highest BCUT2D eigenvalue weighted by molar-refractivity contribution is 7.18. The van der Waals surface area contributed by atoms with Gasteiger partial charge in [0.15, 0.2) is 17.1 Å². The lowest BCUT2D eigenvalue weighted by Crippen LogP contribution is -2.33. The normalized spacial score (nSPS) is 14.3. The molecule has 7 heterocycles. The number of nitrogens with zero attached hydrogens (tertiary/aromatic N) is 8. The number of fused-ring (bicyclic) bond motifs is 8. The molecule has 24 heteroatoms. The molecule has 1 spiro atoms. The molecule has 78 heavy (non-hydrogen) atoms. The molecule has 2 amide bonds. The van der Waals surface area contributed by atoms with Crippen molar-refractivity contribution in [3.8, 4) is 23.0 Å². The Morgan fingerprint density at radius 1 is 0.859 bits per heavy atom. The summed E-state index contributed by atoms with van der Waals surface area (Å²) in [5, 5.41) is 49.1. The van der Waals surface area contributed by atoms with Crippen LogP contribution in [-0.2, 0) is 34.5 Å². The third kappa shape index (κ3) is 10.7. The number of halogens is 1. The highest BCUT2D eigenvalue weighted by Crippen LogP contribution is 2.57. The molecule has 0 bridgehead atoms. The number of allylic oxidation sites excluding steroid dienone is 1. The lowest BCUT2D eigenvalue weighted by molar-refractivity contribution is -0.116. The van der Waals surface area contributed by atoms with Crippen molar-refractivity contribution in [1.82, 2.24) is 45.9 Å². The molecular formula is C54H50FN15O7S. The van der Waals surface area contributed by atoms with Crippen LogP contribution in [0.3, 0.4) is 0 Å². The van der Waals surface area contributed by atoms with E-state index in [9.17, 15) is 29.0 Å². The van der Waals surface area contributed by atoms with E-state index in [1.807, 2.05) is 18.2 Å². The summed E-state index contributed by atoms with van der Waals surface area (Å²) in [7, 11) is 0. The van der Waals surface area contributed by atoms with Crippen LogP contribution < -0.4 is 31.3 Å². The largest absolute Gasteiger partial charge is 0.508 e. The number of amides is 2. The van der Waals surface area contributed by atoms with E-state index in [4.69, 9.17) is 25.0 Å². The van der Waals surface area contributed by atoms with Gasteiger partial charge < -0.3 is 51.3 Å². The second kappa shape index (κ2) is 21.7. The van der Waals surface area contributed by atoms with Crippen LogP contribution in [0.25, 0.3) is 21.4 Å². The Hall–Kier alpha value is -9.29. The Labute approximate surface area is 447 Å². The van der Waals surface area contributed by atoms with Crippen LogP contribution in [0, 0.1) is 11.3 Å². The van der Waals surface area contributed by atoms with Crippen molar-refractivity contribution in [2.75, 3.05) is 36.8 Å². The van der Waals surface area contributed by atoms with Gasteiger partial charge >= 0.3 is 5.97 Å². The summed E-state index contributed by atoms with van der Waals surface area (Å²) in [6.45, 7) is 2.32. The van der Waals surface area contributed by atoms with Crippen LogP contribution in [-0.4, -0.2) is 89.7 Å². The maximum Gasteiger partial charge on any atom is 0.340 e. The lowest BCUT2D eigenvalue weighted by Gasteiger charge is -2.36. The van der Waals surface area contributed by atoms with Crippen molar-refractivity contribution >= 4 is 62.0 Å². The summed E-state index contributed by atoms with van der Waals surface area (Å²) in [6, 6.07) is 22.1. The van der Waals surface area contributed by atoms with E-state index in [0.717, 1.165) is 26.7 Å². The number of phenols is 2. The predicted molar refractivity (Wildman–Crippen MR) is 284 cm³/mol. The van der Waals surface area contributed by atoms with E-state index in [1.165, 1.54) is 48.0 Å². The van der Waals surface area contributed by atoms with Crippen LogP contribution in [0.5, 0.6) is 23.0 Å². The second-order valence-electron chi connectivity index (χ2n) is 18.8. The number of rotatable bonds is 23. The first-order chi connectivity index (χ1) is 38.0. The van der Waals surface area contributed by atoms with E-state index >= 15 is 0 Å². The number of esters is 1. The van der Waals surface area contributed by atoms with Gasteiger partial charge in [0.2, 0.25) is 5.91 Å². The minimum absolute atomic E-state index is 0.0651. The number of imidazole rings is 1. The van der Waals surface area contributed by atoms with E-state index in [-0.39, 0.29) is 53.3 Å². The summed E-state index contributed by atoms with van der Waals surface area (Å²) >= 11 is 1.49. The minimum Gasteiger partial charge on any atom is -0.508 e. The molecule has 0 saturated heterocycles. The van der Waals surface area contributed by atoms with Crippen molar-refractivity contribution in [3.63, 3.8) is 0 Å². The number of hydrogen-bond acceptors (Lipinski definition) is 20. The number of phenolic OH excluding ortho intramolecular Hbond substituents is 2. The van der Waals surface area contributed by atoms with E-state index < -0.39 is 23.1 Å². The fourth-order valence-electron chi connectivity index (χ4n) is 9.48. The number of carbonyl (C=O) groups excluding carboxylic acids is 3. The zero-order valence-corrected chi connectivity index (χ0v) is 42.4. The number of carbonyl (C=O) groups is 3. The summed E-state index contributed by atoms with van der Waals surface area (Å²) in [4.78, 5) is 66.2. The van der Waals surface area contributed by atoms with Crippen LogP contribution in [0.4, 0.5) is 15.9 Å². The van der Waals surface area contributed by atoms with Gasteiger partial charge in [0.05, 0.1) is 39.5 Å². The van der Waals surface area contributed by atoms with Gasteiger partial charge in [-0.2, -0.15) is 15.3 Å². The number of pyridine rings is 1. The van der Waals surface area contributed by atoms with Gasteiger partial charge in [0.1, 0.15) is 51.3 Å². The molecule has 396 valence electrons. The standard InChI is InChI=1S/C54H50FN15O7S/c55-39-3-1-19-59-42(39)28-61-49-48-51(63-29-62-49)78-47(67-48)15-22-57-21-14-45-65-40-11-5-31(24-41(40)66-45)64-46(73)13-17-53(69-70-53)16-12-32(68-56)27-58-18-2-20-60-50(74)30-4-8-35-38(23-30)54(77-52(35)75)36-9-6-33(71)25-43(36)76-44-26-34(72)7-10-37(44)54/h1,3-11,19,23-27,29,56-58,71-72H,2,12-18,20-22,28H2,(H,60,74)(H,64,73)(H,65,66)(H,61,62,63)/b32-27-,68-56?. The third-order valence-electron chi connectivity index (χ3n) is 13.5. The smallest absolute Gasteiger partial charge is 0.340 e. The van der Waals surface area contributed by atoms with Gasteiger partial charge in [-0.05, 0) is 85.6 Å². The van der Waals surface area contributed by atoms with Crippen LogP contribution in [0.15, 0.2) is 125 Å². The van der Waals surface area contributed by atoms with Crippen LogP contribution >= 0.6 is 11.3 Å². The molecule has 22 nitrogen and oxygen atoms in total. The zero-order valence-electron chi connectivity index (χ0n) is 41.6. The Morgan fingerprint density at radius 3 is 2.44 bits per heavy atom. The fraction of sp³-hybridized carbons (Fsp3) is 0.259. The number of nitrogens with one attached hydrogen (secondary N) is 7. The molecule has 4 aromatic carbocycles. The van der Waals surface area contributed by atoms with Gasteiger partial charge in [0, 0.05) is 111 Å². The number of anilines is 2. The molecule has 0 radical (unpaired) electrons. The average Bonchev–Trinajstić information content (AvgIpc) is 3.98. The number of ether oxygens (including phenoxy) is 2. The SMILES string of the molecule is N=N/C(=C\NCCCNC(=O)c1ccc2c(c1)C1(OC2=O)c2ccc(O)cc2Oc2cc(O)ccc21)CCC1(CCC(=O)Nc2ccc3[nH]c(CCNCCc4nc5c(NCc6ncccc6F)ncnc5s4)nc3c2)N=N1. The van der Waals surface area contributed by atoms with Gasteiger partial charge in [-0.25, -0.2) is 34.7 Å². The first kappa shape index (κ1) is 50.8. The molecule has 4 aromatic heterocycles. The Balaban J connectivity index is 0.594. The number of aromatic nitrogens is 6. The second-order valence-corrected chi connectivity index (χ2v) is 19.8. The maximum atomic E-state index is 14.1. The van der Waals surface area contributed by atoms with Crippen molar-refractivity contribution < 1.29 is 38.5 Å². The van der Waals surface area contributed by atoms with Crippen molar-refractivity contribution in [3.05, 3.63) is 160 Å². The molecule has 3 aliphatic heterocycles. The number of benzene rings is 4. The topological polar surface area (TPSA) is 311 Å². The monoisotopic (exact) mass is 1070 g/mol. The number of aromatic amines is 1.